The van der Waals surface area contributed by atoms with Gasteiger partial charge in [0, 0.05) is 44.6 Å². The molecule has 0 bridgehead atoms. The van der Waals surface area contributed by atoms with Gasteiger partial charge in [0.2, 0.25) is 5.91 Å². The molecule has 7 nitrogen and oxygen atoms in total. The van der Waals surface area contributed by atoms with E-state index in [-0.39, 0.29) is 24.5 Å². The van der Waals surface area contributed by atoms with Gasteiger partial charge in [0.15, 0.2) is 0 Å². The normalized spacial score (nSPS) is 15.9. The number of benzene rings is 3. The second kappa shape index (κ2) is 12.1. The summed E-state index contributed by atoms with van der Waals surface area (Å²) in [5.74, 6) is 0.00319. The van der Waals surface area contributed by atoms with E-state index < -0.39 is 0 Å². The van der Waals surface area contributed by atoms with Gasteiger partial charge in [0.1, 0.15) is 0 Å². The molecule has 1 atom stereocenters. The van der Waals surface area contributed by atoms with Gasteiger partial charge in [-0.15, -0.1) is 0 Å². The fraction of sp³-hybridized carbons (Fsp3) is 0.286. The molecule has 3 aromatic carbocycles. The third-order valence-corrected chi connectivity index (χ3v) is 6.05. The van der Waals surface area contributed by atoms with E-state index in [0.717, 1.165) is 30.9 Å². The minimum absolute atomic E-state index is 0.00319. The van der Waals surface area contributed by atoms with Crippen LogP contribution < -0.4 is 15.5 Å². The topological polar surface area (TPSA) is 73.9 Å². The molecule has 7 heteroatoms. The summed E-state index contributed by atoms with van der Waals surface area (Å²) in [5, 5.41) is 5.75. The van der Waals surface area contributed by atoms with Crippen LogP contribution in [0.1, 0.15) is 11.1 Å². The molecule has 0 aliphatic carbocycles. The molecule has 1 heterocycles. The highest BCUT2D eigenvalue weighted by atomic mass is 16.5. The second-order valence-corrected chi connectivity index (χ2v) is 8.71. The van der Waals surface area contributed by atoms with E-state index in [1.54, 1.807) is 11.9 Å². The summed E-state index contributed by atoms with van der Waals surface area (Å²) in [6.07, 6.45) is 0.240. The van der Waals surface area contributed by atoms with Crippen LogP contribution >= 0.6 is 0 Å². The number of nitrogens with one attached hydrogen (secondary N) is 2. The molecular formula is C28H32N4O3. The highest BCUT2D eigenvalue weighted by molar-refractivity contribution is 5.94. The SMILES string of the molecule is CN(C(=O)Cc1ccc(NC(=O)NCC2CN(Cc3ccccc3)CCO2)cc1)c1ccccc1. The zero-order valence-corrected chi connectivity index (χ0v) is 20.0. The molecule has 3 aromatic rings. The van der Waals surface area contributed by atoms with Crippen molar-refractivity contribution < 1.29 is 14.3 Å². The van der Waals surface area contributed by atoms with E-state index in [1.165, 1.54) is 5.56 Å². The first kappa shape index (κ1) is 24.4. The van der Waals surface area contributed by atoms with Gasteiger partial charge in [0.25, 0.3) is 0 Å². The standard InChI is InChI=1S/C28H32N4O3/c1-31(25-10-6-3-7-11-25)27(33)18-22-12-14-24(15-13-22)30-28(34)29-19-26-21-32(16-17-35-26)20-23-8-4-2-5-9-23/h2-15,26H,16-21H2,1H3,(H2,29,30,34). The third kappa shape index (κ3) is 7.40. The van der Waals surface area contributed by atoms with Crippen LogP contribution in [0.3, 0.4) is 0 Å². The van der Waals surface area contributed by atoms with Crippen LogP contribution in [0.5, 0.6) is 0 Å². The summed E-state index contributed by atoms with van der Waals surface area (Å²) in [7, 11) is 1.77. The van der Waals surface area contributed by atoms with Crippen molar-refractivity contribution in [1.82, 2.24) is 10.2 Å². The van der Waals surface area contributed by atoms with Crippen molar-refractivity contribution in [3.63, 3.8) is 0 Å². The van der Waals surface area contributed by atoms with E-state index in [4.69, 9.17) is 4.74 Å². The summed E-state index contributed by atoms with van der Waals surface area (Å²) >= 11 is 0. The molecule has 182 valence electrons. The van der Waals surface area contributed by atoms with Crippen molar-refractivity contribution in [2.24, 2.45) is 0 Å². The highest BCUT2D eigenvalue weighted by Gasteiger charge is 2.21. The Labute approximate surface area is 206 Å². The van der Waals surface area contributed by atoms with Crippen molar-refractivity contribution in [3.05, 3.63) is 96.1 Å². The Balaban J connectivity index is 1.20. The van der Waals surface area contributed by atoms with Gasteiger partial charge in [-0.2, -0.15) is 0 Å². The number of rotatable bonds is 8. The van der Waals surface area contributed by atoms with Crippen molar-refractivity contribution in [3.8, 4) is 0 Å². The predicted molar refractivity (Wildman–Crippen MR) is 138 cm³/mol. The first-order valence-corrected chi connectivity index (χ1v) is 11.9. The number of carbonyl (C=O) groups is 2. The lowest BCUT2D eigenvalue weighted by molar-refractivity contribution is -0.117. The number of hydrogen-bond donors (Lipinski definition) is 2. The minimum atomic E-state index is -0.276. The number of para-hydroxylation sites is 1. The molecule has 3 amide bonds. The lowest BCUT2D eigenvalue weighted by Crippen LogP contribution is -2.47. The monoisotopic (exact) mass is 472 g/mol. The van der Waals surface area contributed by atoms with E-state index in [2.05, 4.69) is 27.7 Å². The van der Waals surface area contributed by atoms with Gasteiger partial charge < -0.3 is 20.3 Å². The van der Waals surface area contributed by atoms with Crippen LogP contribution in [0.4, 0.5) is 16.2 Å². The van der Waals surface area contributed by atoms with Gasteiger partial charge in [0.05, 0.1) is 19.1 Å². The molecular weight excluding hydrogens is 440 g/mol. The number of likely N-dealkylation sites (N-methyl/N-ethyl adjacent to an activating group) is 1. The Hall–Kier alpha value is -3.68. The van der Waals surface area contributed by atoms with Crippen molar-refractivity contribution >= 4 is 23.3 Å². The van der Waals surface area contributed by atoms with E-state index in [0.29, 0.717) is 18.8 Å². The Kier molecular flexibility index (Phi) is 8.48. The van der Waals surface area contributed by atoms with Crippen LogP contribution in [0.15, 0.2) is 84.9 Å². The molecule has 0 saturated carbocycles. The van der Waals surface area contributed by atoms with Crippen molar-refractivity contribution in [1.29, 1.82) is 0 Å². The zero-order chi connectivity index (χ0) is 24.5. The van der Waals surface area contributed by atoms with Crippen LogP contribution in [0.2, 0.25) is 0 Å². The molecule has 1 aliphatic rings. The predicted octanol–water partition coefficient (Wildman–Crippen LogP) is 3.91. The number of morpholine rings is 1. The van der Waals surface area contributed by atoms with Crippen molar-refractivity contribution in [2.45, 2.75) is 19.1 Å². The van der Waals surface area contributed by atoms with E-state index in [1.807, 2.05) is 72.8 Å². The summed E-state index contributed by atoms with van der Waals surface area (Å²) in [6.45, 7) is 3.63. The van der Waals surface area contributed by atoms with Gasteiger partial charge in [-0.05, 0) is 35.4 Å². The first-order chi connectivity index (χ1) is 17.1. The maximum absolute atomic E-state index is 12.6. The second-order valence-electron chi connectivity index (χ2n) is 8.71. The summed E-state index contributed by atoms with van der Waals surface area (Å²) < 4.78 is 5.83. The lowest BCUT2D eigenvalue weighted by atomic mass is 10.1. The number of anilines is 2. The van der Waals surface area contributed by atoms with E-state index in [9.17, 15) is 9.59 Å². The maximum Gasteiger partial charge on any atom is 0.319 e. The number of nitrogens with zero attached hydrogens (tertiary/aromatic N) is 2. The van der Waals surface area contributed by atoms with Crippen LogP contribution in [-0.2, 0) is 22.5 Å². The molecule has 2 N–H and O–H groups in total. The van der Waals surface area contributed by atoms with Crippen LogP contribution in [0.25, 0.3) is 0 Å². The minimum Gasteiger partial charge on any atom is -0.374 e. The average Bonchev–Trinajstić information content (AvgIpc) is 2.89. The number of hydrogen-bond acceptors (Lipinski definition) is 4. The molecule has 0 aromatic heterocycles. The number of ether oxygens (including phenoxy) is 1. The molecule has 0 spiro atoms. The number of urea groups is 1. The Morgan fingerprint density at radius 3 is 2.34 bits per heavy atom. The van der Waals surface area contributed by atoms with Gasteiger partial charge >= 0.3 is 6.03 Å². The van der Waals surface area contributed by atoms with Gasteiger partial charge in [-0.1, -0.05) is 60.7 Å². The first-order valence-electron chi connectivity index (χ1n) is 11.9. The fourth-order valence-corrected chi connectivity index (χ4v) is 4.07. The van der Waals surface area contributed by atoms with Crippen LogP contribution in [-0.4, -0.2) is 56.2 Å². The molecule has 1 aliphatic heterocycles. The smallest absolute Gasteiger partial charge is 0.319 e. The molecule has 1 saturated heterocycles. The summed E-state index contributed by atoms with van der Waals surface area (Å²) in [4.78, 5) is 28.9. The fourth-order valence-electron chi connectivity index (χ4n) is 4.07. The highest BCUT2D eigenvalue weighted by Crippen LogP contribution is 2.15. The quantitative estimate of drug-likeness (QED) is 0.521. The van der Waals surface area contributed by atoms with Gasteiger partial charge in [-0.3, -0.25) is 9.69 Å². The Morgan fingerprint density at radius 2 is 1.63 bits per heavy atom. The number of carbonyl (C=O) groups excluding carboxylic acids is 2. The third-order valence-electron chi connectivity index (χ3n) is 6.05. The van der Waals surface area contributed by atoms with E-state index >= 15 is 0 Å². The molecule has 35 heavy (non-hydrogen) atoms. The summed E-state index contributed by atoms with van der Waals surface area (Å²) in [6, 6.07) is 27.0. The molecule has 0 radical (unpaired) electrons. The van der Waals surface area contributed by atoms with Gasteiger partial charge in [-0.25, -0.2) is 4.79 Å². The van der Waals surface area contributed by atoms with Crippen LogP contribution in [0, 0.1) is 0 Å². The summed E-state index contributed by atoms with van der Waals surface area (Å²) in [5.41, 5.74) is 3.69. The zero-order valence-electron chi connectivity index (χ0n) is 20.0. The molecule has 1 unspecified atom stereocenters. The molecule has 1 fully saturated rings. The van der Waals surface area contributed by atoms with Crippen molar-refractivity contribution in [2.75, 3.05) is 43.5 Å². The Morgan fingerprint density at radius 1 is 0.943 bits per heavy atom. The maximum atomic E-state index is 12.6. The molecule has 4 rings (SSSR count). The average molecular weight is 473 g/mol. The Bertz CT molecular complexity index is 1090. The lowest BCUT2D eigenvalue weighted by Gasteiger charge is -2.33. The largest absolute Gasteiger partial charge is 0.374 e. The number of amides is 3.